The summed E-state index contributed by atoms with van der Waals surface area (Å²) in [6.07, 6.45) is 4.49. The summed E-state index contributed by atoms with van der Waals surface area (Å²) in [6, 6.07) is 9.78. The summed E-state index contributed by atoms with van der Waals surface area (Å²) in [7, 11) is 0. The van der Waals surface area contributed by atoms with Gasteiger partial charge in [0, 0.05) is 22.0 Å². The zero-order chi connectivity index (χ0) is 18.8. The largest absolute Gasteiger partial charge is 0.488 e. The van der Waals surface area contributed by atoms with Crippen LogP contribution in [0.2, 0.25) is 0 Å². The summed E-state index contributed by atoms with van der Waals surface area (Å²) >= 11 is 1.39. The minimum absolute atomic E-state index is 0.188. The van der Waals surface area contributed by atoms with E-state index in [2.05, 4.69) is 12.2 Å². The van der Waals surface area contributed by atoms with Gasteiger partial charge in [-0.2, -0.15) is 0 Å². The third kappa shape index (κ3) is 3.86. The van der Waals surface area contributed by atoms with Gasteiger partial charge in [-0.25, -0.2) is 4.79 Å². The van der Waals surface area contributed by atoms with Crippen LogP contribution in [0.3, 0.4) is 0 Å². The maximum Gasteiger partial charge on any atom is 0.348 e. The first kappa shape index (κ1) is 18.0. The van der Waals surface area contributed by atoms with E-state index < -0.39 is 5.97 Å². The molecule has 1 N–H and O–H groups in total. The molecule has 0 radical (unpaired) electrons. The Morgan fingerprint density at radius 1 is 1.26 bits per heavy atom. The Morgan fingerprint density at radius 2 is 2.07 bits per heavy atom. The number of benzene rings is 1. The Morgan fingerprint density at radius 3 is 2.93 bits per heavy atom. The van der Waals surface area contributed by atoms with Crippen LogP contribution in [0.5, 0.6) is 5.75 Å². The lowest BCUT2D eigenvalue weighted by molar-refractivity contribution is -0.125. The van der Waals surface area contributed by atoms with Crippen LogP contribution in [0, 0.1) is 5.92 Å². The van der Waals surface area contributed by atoms with Gasteiger partial charge in [-0.3, -0.25) is 4.79 Å². The monoisotopic (exact) mass is 385 g/mol. The van der Waals surface area contributed by atoms with Gasteiger partial charge in [0.1, 0.15) is 17.2 Å². The standard InChI is InChI=1S/C21H23NO4S/c1-13-6-2-4-8-16(13)22-19(23)12-26-21(24)18-10-14-11-25-17-9-5-3-7-15(17)20(14)27-18/h3,5,7,9-10,13,16H,2,4,6,8,11-12H2,1H3,(H,22,23)/t13-,16+/m0/s1. The van der Waals surface area contributed by atoms with Crippen molar-refractivity contribution in [1.29, 1.82) is 0 Å². The van der Waals surface area contributed by atoms with E-state index in [9.17, 15) is 9.59 Å². The lowest BCUT2D eigenvalue weighted by Gasteiger charge is -2.29. The number of ether oxygens (including phenoxy) is 2. The van der Waals surface area contributed by atoms with E-state index in [0.717, 1.165) is 41.0 Å². The molecule has 2 heterocycles. The normalized spacial score (nSPS) is 20.8. The third-order valence-electron chi connectivity index (χ3n) is 5.32. The van der Waals surface area contributed by atoms with Gasteiger partial charge >= 0.3 is 5.97 Å². The summed E-state index contributed by atoms with van der Waals surface area (Å²) in [6.45, 7) is 2.36. The number of rotatable bonds is 4. The van der Waals surface area contributed by atoms with Gasteiger partial charge in [0.2, 0.25) is 0 Å². The Labute approximate surface area is 162 Å². The molecule has 5 nitrogen and oxygen atoms in total. The summed E-state index contributed by atoms with van der Waals surface area (Å²) < 4.78 is 11.0. The summed E-state index contributed by atoms with van der Waals surface area (Å²) in [5.74, 6) is 0.617. The number of hydrogen-bond donors (Lipinski definition) is 1. The van der Waals surface area contributed by atoms with Crippen LogP contribution in [0.1, 0.15) is 47.8 Å². The molecule has 1 aromatic carbocycles. The smallest absolute Gasteiger partial charge is 0.348 e. The van der Waals surface area contributed by atoms with Crippen molar-refractivity contribution < 1.29 is 19.1 Å². The van der Waals surface area contributed by atoms with Crippen LogP contribution in [0.15, 0.2) is 30.3 Å². The van der Waals surface area contributed by atoms with Crippen LogP contribution < -0.4 is 10.1 Å². The molecule has 1 amide bonds. The van der Waals surface area contributed by atoms with Crippen molar-refractivity contribution in [3.05, 3.63) is 40.8 Å². The quantitative estimate of drug-likeness (QED) is 0.803. The molecule has 1 fully saturated rings. The number of thiophene rings is 1. The van der Waals surface area contributed by atoms with Gasteiger partial charge in [-0.15, -0.1) is 11.3 Å². The fourth-order valence-electron chi connectivity index (χ4n) is 3.78. The fourth-order valence-corrected chi connectivity index (χ4v) is 4.87. The molecule has 6 heteroatoms. The molecule has 0 spiro atoms. The van der Waals surface area contributed by atoms with E-state index in [4.69, 9.17) is 9.47 Å². The van der Waals surface area contributed by atoms with E-state index in [1.54, 1.807) is 6.07 Å². The first-order valence-corrected chi connectivity index (χ1v) is 10.2. The molecule has 4 rings (SSSR count). The molecule has 2 aromatic rings. The van der Waals surface area contributed by atoms with Gasteiger partial charge in [-0.05, 0) is 37.0 Å². The number of carbonyl (C=O) groups is 2. The molecular formula is C21H23NO4S. The predicted molar refractivity (Wildman–Crippen MR) is 104 cm³/mol. The van der Waals surface area contributed by atoms with Crippen LogP contribution in [-0.4, -0.2) is 24.5 Å². The van der Waals surface area contributed by atoms with Crippen LogP contribution in [0.4, 0.5) is 0 Å². The highest BCUT2D eigenvalue weighted by molar-refractivity contribution is 7.17. The Balaban J connectivity index is 1.37. The number of nitrogens with one attached hydrogen (secondary N) is 1. The van der Waals surface area contributed by atoms with Gasteiger partial charge < -0.3 is 14.8 Å². The molecule has 0 unspecified atom stereocenters. The Bertz CT molecular complexity index is 860. The van der Waals surface area contributed by atoms with Crippen LogP contribution in [-0.2, 0) is 16.1 Å². The van der Waals surface area contributed by atoms with E-state index >= 15 is 0 Å². The SMILES string of the molecule is C[C@H]1CCCC[C@H]1NC(=O)COC(=O)c1cc2c(s1)-c1ccccc1OC2. The molecule has 1 aromatic heterocycles. The minimum atomic E-state index is -0.460. The lowest BCUT2D eigenvalue weighted by atomic mass is 9.86. The minimum Gasteiger partial charge on any atom is -0.488 e. The van der Waals surface area contributed by atoms with Gasteiger partial charge in [0.25, 0.3) is 5.91 Å². The second kappa shape index (κ2) is 7.72. The molecule has 0 bridgehead atoms. The topological polar surface area (TPSA) is 64.6 Å². The molecular weight excluding hydrogens is 362 g/mol. The second-order valence-corrected chi connectivity index (χ2v) is 8.31. The molecule has 2 atom stereocenters. The summed E-state index contributed by atoms with van der Waals surface area (Å²) in [4.78, 5) is 26.1. The van der Waals surface area contributed by atoms with E-state index in [1.165, 1.54) is 17.8 Å². The van der Waals surface area contributed by atoms with Gasteiger partial charge in [-0.1, -0.05) is 31.9 Å². The van der Waals surface area contributed by atoms with Crippen LogP contribution in [0.25, 0.3) is 10.4 Å². The fraction of sp³-hybridized carbons (Fsp3) is 0.429. The molecule has 27 heavy (non-hydrogen) atoms. The zero-order valence-corrected chi connectivity index (χ0v) is 16.1. The average Bonchev–Trinajstić information content (AvgIpc) is 3.13. The molecule has 2 aliphatic rings. The highest BCUT2D eigenvalue weighted by Gasteiger charge is 2.25. The second-order valence-electron chi connectivity index (χ2n) is 7.26. The molecule has 0 saturated heterocycles. The Kier molecular flexibility index (Phi) is 5.16. The predicted octanol–water partition coefficient (Wildman–Crippen LogP) is 4.16. The number of amides is 1. The maximum atomic E-state index is 12.4. The van der Waals surface area contributed by atoms with Gasteiger partial charge in [0.05, 0.1) is 0 Å². The number of esters is 1. The molecule has 142 valence electrons. The number of hydrogen-bond acceptors (Lipinski definition) is 5. The number of para-hydroxylation sites is 1. The third-order valence-corrected chi connectivity index (χ3v) is 6.51. The molecule has 1 aliphatic carbocycles. The van der Waals surface area contributed by atoms with Crippen molar-refractivity contribution in [2.75, 3.05) is 6.61 Å². The van der Waals surface area contributed by atoms with Crippen molar-refractivity contribution in [3.63, 3.8) is 0 Å². The lowest BCUT2D eigenvalue weighted by Crippen LogP contribution is -2.42. The highest BCUT2D eigenvalue weighted by atomic mass is 32.1. The molecule has 1 saturated carbocycles. The van der Waals surface area contributed by atoms with Crippen molar-refractivity contribution in [1.82, 2.24) is 5.32 Å². The highest BCUT2D eigenvalue weighted by Crippen LogP contribution is 2.42. The first-order valence-electron chi connectivity index (χ1n) is 9.43. The summed E-state index contributed by atoms with van der Waals surface area (Å²) in [5.41, 5.74) is 1.97. The summed E-state index contributed by atoms with van der Waals surface area (Å²) in [5, 5.41) is 3.00. The van der Waals surface area contributed by atoms with Gasteiger partial charge in [0.15, 0.2) is 6.61 Å². The van der Waals surface area contributed by atoms with Crippen molar-refractivity contribution in [2.45, 2.75) is 45.3 Å². The molecule has 1 aliphatic heterocycles. The number of carbonyl (C=O) groups excluding carboxylic acids is 2. The van der Waals surface area contributed by atoms with E-state index in [1.807, 2.05) is 24.3 Å². The first-order chi connectivity index (χ1) is 13.1. The average molecular weight is 385 g/mol. The zero-order valence-electron chi connectivity index (χ0n) is 15.3. The number of fused-ring (bicyclic) bond motifs is 3. The Hall–Kier alpha value is -2.34. The van der Waals surface area contributed by atoms with Crippen molar-refractivity contribution in [3.8, 4) is 16.2 Å². The maximum absolute atomic E-state index is 12.4. The van der Waals surface area contributed by atoms with Crippen molar-refractivity contribution >= 4 is 23.2 Å². The van der Waals surface area contributed by atoms with Crippen LogP contribution >= 0.6 is 11.3 Å². The van der Waals surface area contributed by atoms with E-state index in [0.29, 0.717) is 17.4 Å². The van der Waals surface area contributed by atoms with Crippen molar-refractivity contribution in [2.24, 2.45) is 5.92 Å². The van der Waals surface area contributed by atoms with E-state index in [-0.39, 0.29) is 18.6 Å².